The van der Waals surface area contributed by atoms with Crippen LogP contribution in [0.25, 0.3) is 10.8 Å². The SMILES string of the molecule is Cc1nccc2cc(C(C)N)ccc12. The number of aromatic nitrogens is 1. The van der Waals surface area contributed by atoms with Gasteiger partial charge in [-0.05, 0) is 36.9 Å². The normalized spacial score (nSPS) is 13.1. The zero-order valence-electron chi connectivity index (χ0n) is 8.49. The highest BCUT2D eigenvalue weighted by atomic mass is 14.7. The van der Waals surface area contributed by atoms with E-state index >= 15 is 0 Å². The molecule has 1 atom stereocenters. The lowest BCUT2D eigenvalue weighted by Gasteiger charge is -2.07. The van der Waals surface area contributed by atoms with E-state index in [1.54, 1.807) is 0 Å². The third-order valence-corrected chi connectivity index (χ3v) is 2.51. The van der Waals surface area contributed by atoms with Gasteiger partial charge in [0.1, 0.15) is 0 Å². The Kier molecular flexibility index (Phi) is 2.22. The summed E-state index contributed by atoms with van der Waals surface area (Å²) in [5.74, 6) is 0. The molecule has 2 rings (SSSR count). The molecule has 0 fully saturated rings. The molecule has 2 nitrogen and oxygen atoms in total. The summed E-state index contributed by atoms with van der Waals surface area (Å²) < 4.78 is 0. The van der Waals surface area contributed by atoms with Gasteiger partial charge in [-0.15, -0.1) is 0 Å². The Balaban J connectivity index is 2.67. The van der Waals surface area contributed by atoms with Crippen molar-refractivity contribution < 1.29 is 0 Å². The summed E-state index contributed by atoms with van der Waals surface area (Å²) in [6.45, 7) is 4.02. The Bertz CT molecular complexity index is 461. The Labute approximate surface area is 83.8 Å². The molecule has 0 amide bonds. The van der Waals surface area contributed by atoms with Crippen molar-refractivity contribution in [2.24, 2.45) is 5.73 Å². The molecule has 2 N–H and O–H groups in total. The lowest BCUT2D eigenvalue weighted by atomic mass is 10.0. The van der Waals surface area contributed by atoms with E-state index < -0.39 is 0 Å². The summed E-state index contributed by atoms with van der Waals surface area (Å²) in [6.07, 6.45) is 1.84. The highest BCUT2D eigenvalue weighted by molar-refractivity contribution is 5.84. The topological polar surface area (TPSA) is 38.9 Å². The second-order valence-corrected chi connectivity index (χ2v) is 3.67. The number of hydrogen-bond acceptors (Lipinski definition) is 2. The highest BCUT2D eigenvalue weighted by Crippen LogP contribution is 2.20. The minimum Gasteiger partial charge on any atom is -0.324 e. The Morgan fingerprint density at radius 3 is 2.79 bits per heavy atom. The zero-order chi connectivity index (χ0) is 10.1. The number of benzene rings is 1. The Morgan fingerprint density at radius 1 is 1.29 bits per heavy atom. The molecule has 0 bridgehead atoms. The van der Waals surface area contributed by atoms with Gasteiger partial charge in [-0.2, -0.15) is 0 Å². The maximum absolute atomic E-state index is 5.83. The number of fused-ring (bicyclic) bond motifs is 1. The molecule has 2 aromatic rings. The van der Waals surface area contributed by atoms with E-state index in [2.05, 4.69) is 23.2 Å². The molecule has 2 heteroatoms. The van der Waals surface area contributed by atoms with Crippen LogP contribution in [-0.4, -0.2) is 4.98 Å². The van der Waals surface area contributed by atoms with Gasteiger partial charge in [0.05, 0.1) is 0 Å². The van der Waals surface area contributed by atoms with Gasteiger partial charge < -0.3 is 5.73 Å². The first-order chi connectivity index (χ1) is 6.68. The molecule has 0 spiro atoms. The Hall–Kier alpha value is -1.41. The van der Waals surface area contributed by atoms with E-state index in [4.69, 9.17) is 5.73 Å². The molecule has 1 aromatic carbocycles. The largest absolute Gasteiger partial charge is 0.324 e. The zero-order valence-corrected chi connectivity index (χ0v) is 8.49. The maximum Gasteiger partial charge on any atom is 0.0450 e. The predicted octanol–water partition coefficient (Wildman–Crippen LogP) is 2.56. The molecule has 14 heavy (non-hydrogen) atoms. The van der Waals surface area contributed by atoms with Crippen LogP contribution in [0.4, 0.5) is 0 Å². The van der Waals surface area contributed by atoms with Crippen molar-refractivity contribution in [3.8, 4) is 0 Å². The van der Waals surface area contributed by atoms with Gasteiger partial charge in [0.2, 0.25) is 0 Å². The number of aryl methyl sites for hydroxylation is 1. The Morgan fingerprint density at radius 2 is 2.07 bits per heavy atom. The van der Waals surface area contributed by atoms with Gasteiger partial charge in [0, 0.05) is 23.3 Å². The van der Waals surface area contributed by atoms with Crippen molar-refractivity contribution in [2.45, 2.75) is 19.9 Å². The number of hydrogen-bond donors (Lipinski definition) is 1. The van der Waals surface area contributed by atoms with E-state index in [1.807, 2.05) is 26.1 Å². The minimum atomic E-state index is 0.0906. The fourth-order valence-electron chi connectivity index (χ4n) is 1.63. The molecule has 1 unspecified atom stereocenters. The van der Waals surface area contributed by atoms with E-state index in [0.717, 1.165) is 5.69 Å². The fraction of sp³-hybridized carbons (Fsp3) is 0.250. The number of nitrogens with zero attached hydrogens (tertiary/aromatic N) is 1. The van der Waals surface area contributed by atoms with Crippen LogP contribution in [0.1, 0.15) is 24.2 Å². The molecule has 0 saturated carbocycles. The number of pyridine rings is 1. The van der Waals surface area contributed by atoms with Gasteiger partial charge in [-0.3, -0.25) is 4.98 Å². The van der Waals surface area contributed by atoms with E-state index in [-0.39, 0.29) is 6.04 Å². The van der Waals surface area contributed by atoms with Crippen molar-refractivity contribution in [1.82, 2.24) is 4.98 Å². The molecule has 0 saturated heterocycles. The van der Waals surface area contributed by atoms with Gasteiger partial charge in [0.15, 0.2) is 0 Å². The van der Waals surface area contributed by atoms with E-state index in [9.17, 15) is 0 Å². The summed E-state index contributed by atoms with van der Waals surface area (Å²) in [7, 11) is 0. The van der Waals surface area contributed by atoms with Crippen LogP contribution in [0.5, 0.6) is 0 Å². The maximum atomic E-state index is 5.83. The molecule has 1 heterocycles. The monoisotopic (exact) mass is 186 g/mol. The summed E-state index contributed by atoms with van der Waals surface area (Å²) >= 11 is 0. The number of nitrogens with two attached hydrogens (primary N) is 1. The van der Waals surface area contributed by atoms with Crippen molar-refractivity contribution >= 4 is 10.8 Å². The van der Waals surface area contributed by atoms with Crippen LogP contribution in [0.3, 0.4) is 0 Å². The molecular formula is C12H14N2. The van der Waals surface area contributed by atoms with Crippen LogP contribution in [-0.2, 0) is 0 Å². The van der Waals surface area contributed by atoms with Crippen LogP contribution in [0, 0.1) is 6.92 Å². The molecule has 0 aliphatic heterocycles. The van der Waals surface area contributed by atoms with Gasteiger partial charge >= 0.3 is 0 Å². The van der Waals surface area contributed by atoms with Crippen LogP contribution < -0.4 is 5.73 Å². The van der Waals surface area contributed by atoms with Crippen LogP contribution in [0.2, 0.25) is 0 Å². The first-order valence-electron chi connectivity index (χ1n) is 4.79. The molecular weight excluding hydrogens is 172 g/mol. The lowest BCUT2D eigenvalue weighted by molar-refractivity contribution is 0.820. The lowest BCUT2D eigenvalue weighted by Crippen LogP contribution is -2.04. The van der Waals surface area contributed by atoms with Gasteiger partial charge in [-0.1, -0.05) is 12.1 Å². The van der Waals surface area contributed by atoms with Crippen molar-refractivity contribution in [3.05, 3.63) is 41.7 Å². The average molecular weight is 186 g/mol. The molecule has 72 valence electrons. The second-order valence-electron chi connectivity index (χ2n) is 3.67. The summed E-state index contributed by atoms with van der Waals surface area (Å²) in [6, 6.07) is 8.41. The van der Waals surface area contributed by atoms with Crippen molar-refractivity contribution in [3.63, 3.8) is 0 Å². The van der Waals surface area contributed by atoms with Crippen LogP contribution in [0.15, 0.2) is 30.5 Å². The first kappa shape index (κ1) is 9.16. The summed E-state index contributed by atoms with van der Waals surface area (Å²) in [5.41, 5.74) is 8.06. The highest BCUT2D eigenvalue weighted by Gasteiger charge is 2.02. The summed E-state index contributed by atoms with van der Waals surface area (Å²) in [5, 5.41) is 2.42. The average Bonchev–Trinajstić information content (AvgIpc) is 2.17. The van der Waals surface area contributed by atoms with Gasteiger partial charge in [-0.25, -0.2) is 0 Å². The third kappa shape index (κ3) is 1.49. The number of rotatable bonds is 1. The summed E-state index contributed by atoms with van der Waals surface area (Å²) in [4.78, 5) is 4.25. The van der Waals surface area contributed by atoms with Crippen molar-refractivity contribution in [2.75, 3.05) is 0 Å². The van der Waals surface area contributed by atoms with E-state index in [1.165, 1.54) is 16.3 Å². The molecule has 0 radical (unpaired) electrons. The smallest absolute Gasteiger partial charge is 0.0450 e. The predicted molar refractivity (Wildman–Crippen MR) is 59.1 cm³/mol. The second kappa shape index (κ2) is 3.39. The third-order valence-electron chi connectivity index (χ3n) is 2.51. The van der Waals surface area contributed by atoms with Crippen LogP contribution >= 0.6 is 0 Å². The quantitative estimate of drug-likeness (QED) is 0.743. The van der Waals surface area contributed by atoms with E-state index in [0.29, 0.717) is 0 Å². The fourth-order valence-corrected chi connectivity index (χ4v) is 1.63. The molecule has 1 aromatic heterocycles. The molecule has 0 aliphatic carbocycles. The first-order valence-corrected chi connectivity index (χ1v) is 4.79. The minimum absolute atomic E-state index is 0.0906. The van der Waals surface area contributed by atoms with Gasteiger partial charge in [0.25, 0.3) is 0 Å². The van der Waals surface area contributed by atoms with Crippen molar-refractivity contribution in [1.29, 1.82) is 0 Å². The standard InChI is InChI=1S/C12H14N2/c1-8(13)10-3-4-12-9(2)14-6-5-11(12)7-10/h3-8H,13H2,1-2H3. The molecule has 0 aliphatic rings.